The summed E-state index contributed by atoms with van der Waals surface area (Å²) in [6.07, 6.45) is 2.10. The van der Waals surface area contributed by atoms with Crippen LogP contribution in [0.25, 0.3) is 0 Å². The minimum Gasteiger partial charge on any atom is -0.386 e. The van der Waals surface area contributed by atoms with E-state index < -0.39 is 0 Å². The summed E-state index contributed by atoms with van der Waals surface area (Å²) in [5.41, 5.74) is 6.92. The Labute approximate surface area is 90.6 Å². The van der Waals surface area contributed by atoms with Crippen LogP contribution >= 0.6 is 0 Å². The average Bonchev–Trinajstić information content (AvgIpc) is 2.65. The normalized spacial score (nSPS) is 19.5. The van der Waals surface area contributed by atoms with E-state index in [0.29, 0.717) is 5.92 Å². The van der Waals surface area contributed by atoms with Gasteiger partial charge in [0.05, 0.1) is 5.82 Å². The van der Waals surface area contributed by atoms with Crippen LogP contribution in [0.5, 0.6) is 0 Å². The predicted octanol–water partition coefficient (Wildman–Crippen LogP) is 1.14. The quantitative estimate of drug-likeness (QED) is 0.774. The maximum Gasteiger partial charge on any atom is 0.0923 e. The van der Waals surface area contributed by atoms with E-state index in [4.69, 9.17) is 5.73 Å². The first-order chi connectivity index (χ1) is 7.25. The molecule has 1 aliphatic rings. The van der Waals surface area contributed by atoms with Crippen LogP contribution in [0.3, 0.4) is 0 Å². The van der Waals surface area contributed by atoms with Crippen molar-refractivity contribution in [1.29, 1.82) is 0 Å². The monoisotopic (exact) mass is 203 g/mol. The smallest absolute Gasteiger partial charge is 0.0923 e. The van der Waals surface area contributed by atoms with Crippen molar-refractivity contribution in [1.82, 2.24) is 5.32 Å². The van der Waals surface area contributed by atoms with Gasteiger partial charge in [0, 0.05) is 31.7 Å². The van der Waals surface area contributed by atoms with Gasteiger partial charge in [0.2, 0.25) is 0 Å². The van der Waals surface area contributed by atoms with Gasteiger partial charge in [0.1, 0.15) is 0 Å². The Morgan fingerprint density at radius 3 is 2.73 bits per heavy atom. The molecule has 0 saturated heterocycles. The maximum absolute atomic E-state index is 5.67. The minimum absolute atomic E-state index is 0.509. The Morgan fingerprint density at radius 1 is 1.40 bits per heavy atom. The highest BCUT2D eigenvalue weighted by Gasteiger charge is 2.15. The molecule has 1 atom stereocenters. The first-order valence-corrected chi connectivity index (χ1v) is 5.23. The van der Waals surface area contributed by atoms with E-state index in [-0.39, 0.29) is 0 Å². The van der Waals surface area contributed by atoms with Crippen molar-refractivity contribution < 1.29 is 0 Å². The molecule has 0 bridgehead atoms. The molecule has 0 saturated carbocycles. The van der Waals surface area contributed by atoms with Gasteiger partial charge in [-0.05, 0) is 18.2 Å². The summed E-state index contributed by atoms with van der Waals surface area (Å²) in [6.45, 7) is 1.95. The molecule has 0 aliphatic carbocycles. The average molecular weight is 203 g/mol. The highest BCUT2D eigenvalue weighted by Crippen LogP contribution is 2.15. The van der Waals surface area contributed by atoms with Crippen LogP contribution < -0.4 is 16.0 Å². The zero-order valence-electron chi connectivity index (χ0n) is 8.98. The molecule has 0 fully saturated rings. The van der Waals surface area contributed by atoms with Gasteiger partial charge in [0.15, 0.2) is 0 Å². The number of nitrogens with two attached hydrogens (primary N) is 1. The predicted molar refractivity (Wildman–Crippen MR) is 63.5 cm³/mol. The SMILES string of the molecule is CN(C[C@@H]1C=C(N)NC1)c1ccccc1. The van der Waals surface area contributed by atoms with Crippen LogP contribution in [0.4, 0.5) is 5.69 Å². The molecule has 1 aromatic carbocycles. The second kappa shape index (κ2) is 4.26. The van der Waals surface area contributed by atoms with E-state index in [1.165, 1.54) is 5.69 Å². The molecule has 0 spiro atoms. The van der Waals surface area contributed by atoms with Crippen molar-refractivity contribution in [2.75, 3.05) is 25.0 Å². The van der Waals surface area contributed by atoms with Crippen LogP contribution in [0.2, 0.25) is 0 Å². The van der Waals surface area contributed by atoms with E-state index >= 15 is 0 Å². The molecule has 1 aliphatic heterocycles. The summed E-state index contributed by atoms with van der Waals surface area (Å²) in [6, 6.07) is 10.4. The third kappa shape index (κ3) is 2.43. The third-order valence-electron chi connectivity index (χ3n) is 2.69. The van der Waals surface area contributed by atoms with Gasteiger partial charge in [0.25, 0.3) is 0 Å². The Bertz CT molecular complexity index is 345. The van der Waals surface area contributed by atoms with Gasteiger partial charge >= 0.3 is 0 Å². The minimum atomic E-state index is 0.509. The van der Waals surface area contributed by atoms with E-state index in [1.54, 1.807) is 0 Å². The molecule has 1 heterocycles. The highest BCUT2D eigenvalue weighted by atomic mass is 15.1. The fourth-order valence-corrected chi connectivity index (χ4v) is 1.88. The van der Waals surface area contributed by atoms with E-state index in [2.05, 4.69) is 47.6 Å². The summed E-state index contributed by atoms with van der Waals surface area (Å²) in [5.74, 6) is 1.32. The second-order valence-electron chi connectivity index (χ2n) is 3.98. The van der Waals surface area contributed by atoms with Crippen LogP contribution in [0.1, 0.15) is 0 Å². The van der Waals surface area contributed by atoms with Crippen LogP contribution in [-0.2, 0) is 0 Å². The zero-order chi connectivity index (χ0) is 10.7. The van der Waals surface area contributed by atoms with Gasteiger partial charge < -0.3 is 16.0 Å². The lowest BCUT2D eigenvalue weighted by molar-refractivity contribution is 0.640. The summed E-state index contributed by atoms with van der Waals surface area (Å²) in [4.78, 5) is 2.25. The lowest BCUT2D eigenvalue weighted by Gasteiger charge is -2.21. The lowest BCUT2D eigenvalue weighted by atomic mass is 10.1. The Hall–Kier alpha value is -1.64. The van der Waals surface area contributed by atoms with Crippen molar-refractivity contribution in [3.05, 3.63) is 42.2 Å². The number of hydrogen-bond acceptors (Lipinski definition) is 3. The maximum atomic E-state index is 5.67. The van der Waals surface area contributed by atoms with Gasteiger partial charge in [-0.25, -0.2) is 0 Å². The van der Waals surface area contributed by atoms with Crippen LogP contribution in [0.15, 0.2) is 42.2 Å². The Kier molecular flexibility index (Phi) is 2.81. The molecule has 80 valence electrons. The van der Waals surface area contributed by atoms with Crippen LogP contribution in [0, 0.1) is 5.92 Å². The summed E-state index contributed by atoms with van der Waals surface area (Å²) in [7, 11) is 2.11. The molecule has 3 N–H and O–H groups in total. The van der Waals surface area contributed by atoms with E-state index in [9.17, 15) is 0 Å². The first kappa shape index (κ1) is 9.90. The molecular formula is C12H17N3. The summed E-state index contributed by atoms with van der Waals surface area (Å²) < 4.78 is 0. The number of hydrogen-bond donors (Lipinski definition) is 2. The van der Waals surface area contributed by atoms with Gasteiger partial charge in [-0.3, -0.25) is 0 Å². The Morgan fingerprint density at radius 2 is 2.13 bits per heavy atom. The van der Waals surface area contributed by atoms with Gasteiger partial charge in [-0.2, -0.15) is 0 Å². The van der Waals surface area contributed by atoms with Crippen LogP contribution in [-0.4, -0.2) is 20.1 Å². The van der Waals surface area contributed by atoms with Gasteiger partial charge in [-0.15, -0.1) is 0 Å². The van der Waals surface area contributed by atoms with Crippen molar-refractivity contribution in [2.45, 2.75) is 0 Å². The zero-order valence-corrected chi connectivity index (χ0v) is 8.98. The fraction of sp³-hybridized carbons (Fsp3) is 0.333. The molecule has 0 radical (unpaired) electrons. The molecule has 1 aromatic rings. The molecule has 0 aromatic heterocycles. The molecule has 2 rings (SSSR count). The lowest BCUT2D eigenvalue weighted by Crippen LogP contribution is -2.27. The standard InChI is InChI=1S/C12H17N3/c1-15(11-5-3-2-4-6-11)9-10-7-12(13)14-8-10/h2-7,10,14H,8-9,13H2,1H3/t10-/m1/s1. The fourth-order valence-electron chi connectivity index (χ4n) is 1.88. The highest BCUT2D eigenvalue weighted by molar-refractivity contribution is 5.45. The van der Waals surface area contributed by atoms with E-state index in [0.717, 1.165) is 18.9 Å². The number of para-hydroxylation sites is 1. The van der Waals surface area contributed by atoms with Crippen molar-refractivity contribution in [3.8, 4) is 0 Å². The van der Waals surface area contributed by atoms with Crippen molar-refractivity contribution in [3.63, 3.8) is 0 Å². The summed E-state index contributed by atoms with van der Waals surface area (Å²) in [5, 5.41) is 3.14. The number of anilines is 1. The number of rotatable bonds is 3. The number of benzene rings is 1. The first-order valence-electron chi connectivity index (χ1n) is 5.23. The van der Waals surface area contributed by atoms with E-state index in [1.807, 2.05) is 6.07 Å². The molecule has 0 unspecified atom stereocenters. The topological polar surface area (TPSA) is 41.3 Å². The molecule has 3 nitrogen and oxygen atoms in total. The van der Waals surface area contributed by atoms with Crippen molar-refractivity contribution in [2.24, 2.45) is 11.7 Å². The number of nitrogens with zero attached hydrogens (tertiary/aromatic N) is 1. The largest absolute Gasteiger partial charge is 0.386 e. The molecule has 0 amide bonds. The van der Waals surface area contributed by atoms with Crippen molar-refractivity contribution >= 4 is 5.69 Å². The second-order valence-corrected chi connectivity index (χ2v) is 3.98. The summed E-state index contributed by atoms with van der Waals surface area (Å²) >= 11 is 0. The molecule has 15 heavy (non-hydrogen) atoms. The Balaban J connectivity index is 1.96. The third-order valence-corrected chi connectivity index (χ3v) is 2.69. The molecule has 3 heteroatoms. The van der Waals surface area contributed by atoms with Gasteiger partial charge in [-0.1, -0.05) is 18.2 Å². The number of nitrogens with one attached hydrogen (secondary N) is 1. The molecular weight excluding hydrogens is 186 g/mol.